The maximum Gasteiger partial charge on any atom is 0.293 e. The molecule has 1 saturated heterocycles. The van der Waals surface area contributed by atoms with Gasteiger partial charge in [0.05, 0.1) is 0 Å². The second-order valence-corrected chi connectivity index (χ2v) is 4.83. The average Bonchev–Trinajstić information content (AvgIpc) is 2.78. The number of amides is 1. The van der Waals surface area contributed by atoms with Gasteiger partial charge in [-0.25, -0.2) is 4.98 Å². The first-order chi connectivity index (χ1) is 8.08. The molecule has 1 fully saturated rings. The van der Waals surface area contributed by atoms with E-state index in [4.69, 9.17) is 5.73 Å². The fourth-order valence-corrected chi connectivity index (χ4v) is 1.87. The van der Waals surface area contributed by atoms with E-state index in [1.54, 1.807) is 4.90 Å². The quantitative estimate of drug-likeness (QED) is 0.783. The summed E-state index contributed by atoms with van der Waals surface area (Å²) in [7, 11) is 0. The zero-order valence-corrected chi connectivity index (χ0v) is 10.3. The Morgan fingerprint density at radius 2 is 2.12 bits per heavy atom. The lowest BCUT2D eigenvalue weighted by Gasteiger charge is -2.29. The maximum absolute atomic E-state index is 12.1. The highest BCUT2D eigenvalue weighted by Crippen LogP contribution is 2.12. The van der Waals surface area contributed by atoms with Crippen molar-refractivity contribution in [2.24, 2.45) is 5.73 Å². The molecule has 1 aromatic heterocycles. The largest absolute Gasteiger partial charge is 0.336 e. The summed E-state index contributed by atoms with van der Waals surface area (Å²) in [6, 6.07) is 0.220. The van der Waals surface area contributed by atoms with Gasteiger partial charge in [-0.3, -0.25) is 9.89 Å². The van der Waals surface area contributed by atoms with Crippen LogP contribution in [0.5, 0.6) is 0 Å². The van der Waals surface area contributed by atoms with Crippen LogP contribution in [0.3, 0.4) is 0 Å². The Bertz CT molecular complexity index is 392. The van der Waals surface area contributed by atoms with E-state index in [9.17, 15) is 4.79 Å². The lowest BCUT2D eigenvalue weighted by Crippen LogP contribution is -2.43. The average molecular weight is 237 g/mol. The van der Waals surface area contributed by atoms with Crippen molar-refractivity contribution in [2.45, 2.75) is 38.6 Å². The van der Waals surface area contributed by atoms with E-state index in [1.165, 1.54) is 0 Å². The molecule has 0 aromatic carbocycles. The highest BCUT2D eigenvalue weighted by Gasteiger charge is 2.24. The first kappa shape index (κ1) is 12.0. The van der Waals surface area contributed by atoms with Crippen LogP contribution in [0.1, 0.15) is 49.1 Å². The van der Waals surface area contributed by atoms with Gasteiger partial charge in [-0.05, 0) is 12.8 Å². The fraction of sp³-hybridized carbons (Fsp3) is 0.727. The van der Waals surface area contributed by atoms with Gasteiger partial charge in [0.15, 0.2) is 0 Å². The number of hydrogen-bond acceptors (Lipinski definition) is 4. The molecule has 17 heavy (non-hydrogen) atoms. The number of H-pyrrole nitrogens is 1. The monoisotopic (exact) mass is 237 g/mol. The number of rotatable bonds is 2. The number of aromatic amines is 1. The third kappa shape index (κ3) is 2.63. The first-order valence-corrected chi connectivity index (χ1v) is 6.05. The van der Waals surface area contributed by atoms with Crippen LogP contribution < -0.4 is 5.73 Å². The van der Waals surface area contributed by atoms with E-state index in [0.29, 0.717) is 13.1 Å². The van der Waals surface area contributed by atoms with Gasteiger partial charge in [-0.1, -0.05) is 13.8 Å². The van der Waals surface area contributed by atoms with Crippen LogP contribution in [0.4, 0.5) is 0 Å². The Balaban J connectivity index is 2.03. The van der Waals surface area contributed by atoms with Gasteiger partial charge in [0.25, 0.3) is 5.91 Å². The van der Waals surface area contributed by atoms with Crippen LogP contribution in [0.25, 0.3) is 0 Å². The Hall–Kier alpha value is -1.43. The number of piperidine rings is 1. The highest BCUT2D eigenvalue weighted by molar-refractivity contribution is 5.90. The molecule has 1 aliphatic heterocycles. The van der Waals surface area contributed by atoms with E-state index < -0.39 is 0 Å². The first-order valence-electron chi connectivity index (χ1n) is 6.05. The standard InChI is InChI=1S/C11H19N5O/c1-7(2)9-13-10(15-14-9)11(17)16-5-3-8(12)4-6-16/h7-8H,3-6,12H2,1-2H3,(H,13,14,15). The van der Waals surface area contributed by atoms with E-state index in [1.807, 2.05) is 13.8 Å². The molecule has 6 nitrogen and oxygen atoms in total. The van der Waals surface area contributed by atoms with Crippen LogP contribution in [-0.2, 0) is 0 Å². The lowest BCUT2D eigenvalue weighted by atomic mass is 10.1. The van der Waals surface area contributed by atoms with Crippen molar-refractivity contribution in [2.75, 3.05) is 13.1 Å². The van der Waals surface area contributed by atoms with Crippen LogP contribution in [0.2, 0.25) is 0 Å². The van der Waals surface area contributed by atoms with E-state index in [0.717, 1.165) is 18.7 Å². The molecule has 6 heteroatoms. The summed E-state index contributed by atoms with van der Waals surface area (Å²) in [5, 5.41) is 6.77. The summed E-state index contributed by atoms with van der Waals surface area (Å²) in [6.45, 7) is 5.42. The fourth-order valence-electron chi connectivity index (χ4n) is 1.87. The number of nitrogens with one attached hydrogen (secondary N) is 1. The normalized spacial score (nSPS) is 17.8. The molecular weight excluding hydrogens is 218 g/mol. The summed E-state index contributed by atoms with van der Waals surface area (Å²) >= 11 is 0. The second-order valence-electron chi connectivity index (χ2n) is 4.83. The Morgan fingerprint density at radius 1 is 1.47 bits per heavy atom. The molecule has 0 bridgehead atoms. The number of likely N-dealkylation sites (tertiary alicyclic amines) is 1. The number of carbonyl (C=O) groups excluding carboxylic acids is 1. The van der Waals surface area contributed by atoms with Gasteiger partial charge in [-0.15, -0.1) is 5.10 Å². The van der Waals surface area contributed by atoms with Crippen molar-refractivity contribution >= 4 is 5.91 Å². The summed E-state index contributed by atoms with van der Waals surface area (Å²) in [4.78, 5) is 18.1. The van der Waals surface area contributed by atoms with Gasteiger partial charge in [0.2, 0.25) is 5.82 Å². The summed E-state index contributed by atoms with van der Waals surface area (Å²) in [5.41, 5.74) is 5.80. The molecule has 0 aliphatic carbocycles. The van der Waals surface area contributed by atoms with Crippen LogP contribution >= 0.6 is 0 Å². The van der Waals surface area contributed by atoms with Gasteiger partial charge >= 0.3 is 0 Å². The molecule has 1 aromatic rings. The number of carbonyl (C=O) groups is 1. The van der Waals surface area contributed by atoms with Crippen molar-refractivity contribution in [3.05, 3.63) is 11.6 Å². The molecule has 0 radical (unpaired) electrons. The van der Waals surface area contributed by atoms with Gasteiger partial charge in [0.1, 0.15) is 5.82 Å². The smallest absolute Gasteiger partial charge is 0.293 e. The van der Waals surface area contributed by atoms with E-state index >= 15 is 0 Å². The van der Waals surface area contributed by atoms with Gasteiger partial charge in [0, 0.05) is 25.0 Å². The van der Waals surface area contributed by atoms with Crippen LogP contribution in [0, 0.1) is 0 Å². The maximum atomic E-state index is 12.1. The Morgan fingerprint density at radius 3 is 2.65 bits per heavy atom. The van der Waals surface area contributed by atoms with Crippen molar-refractivity contribution in [1.82, 2.24) is 20.1 Å². The van der Waals surface area contributed by atoms with Gasteiger partial charge < -0.3 is 10.6 Å². The number of hydrogen-bond donors (Lipinski definition) is 2. The molecule has 2 heterocycles. The minimum Gasteiger partial charge on any atom is -0.336 e. The molecular formula is C11H19N5O. The molecule has 2 rings (SSSR count). The number of aromatic nitrogens is 3. The number of nitrogens with zero attached hydrogens (tertiary/aromatic N) is 3. The summed E-state index contributed by atoms with van der Waals surface area (Å²) in [6.07, 6.45) is 1.71. The van der Waals surface area contributed by atoms with Gasteiger partial charge in [-0.2, -0.15) is 0 Å². The Labute approximate surface area is 101 Å². The highest BCUT2D eigenvalue weighted by atomic mass is 16.2. The van der Waals surface area contributed by atoms with Crippen molar-refractivity contribution in [1.29, 1.82) is 0 Å². The molecule has 0 atom stereocenters. The van der Waals surface area contributed by atoms with E-state index in [-0.39, 0.29) is 23.7 Å². The topological polar surface area (TPSA) is 87.9 Å². The zero-order chi connectivity index (χ0) is 12.4. The third-order valence-electron chi connectivity index (χ3n) is 3.07. The molecule has 1 aliphatic rings. The zero-order valence-electron chi connectivity index (χ0n) is 10.3. The van der Waals surface area contributed by atoms with Crippen molar-refractivity contribution < 1.29 is 4.79 Å². The van der Waals surface area contributed by atoms with Crippen LogP contribution in [-0.4, -0.2) is 45.1 Å². The molecule has 94 valence electrons. The van der Waals surface area contributed by atoms with E-state index in [2.05, 4.69) is 15.2 Å². The summed E-state index contributed by atoms with van der Waals surface area (Å²) in [5.74, 6) is 1.17. The second kappa shape index (κ2) is 4.83. The third-order valence-corrected chi connectivity index (χ3v) is 3.07. The van der Waals surface area contributed by atoms with Crippen LogP contribution in [0.15, 0.2) is 0 Å². The summed E-state index contributed by atoms with van der Waals surface area (Å²) < 4.78 is 0. The molecule has 0 saturated carbocycles. The Kier molecular flexibility index (Phi) is 3.42. The van der Waals surface area contributed by atoms with Crippen molar-refractivity contribution in [3.63, 3.8) is 0 Å². The predicted molar refractivity (Wildman–Crippen MR) is 63.6 cm³/mol. The minimum atomic E-state index is -0.0972. The lowest BCUT2D eigenvalue weighted by molar-refractivity contribution is 0.0702. The molecule has 1 amide bonds. The number of nitrogens with two attached hydrogens (primary N) is 1. The van der Waals surface area contributed by atoms with Crippen molar-refractivity contribution in [3.8, 4) is 0 Å². The minimum absolute atomic E-state index is 0.0972. The predicted octanol–water partition coefficient (Wildman–Crippen LogP) is 0.491. The molecule has 0 unspecified atom stereocenters. The molecule has 0 spiro atoms. The SMILES string of the molecule is CC(C)c1nc(C(=O)N2CCC(N)CC2)n[nH]1. The molecule has 3 N–H and O–H groups in total.